The number of nitrogens with zero attached hydrogens (tertiary/aromatic N) is 1. The average molecular weight is 216 g/mol. The van der Waals surface area contributed by atoms with E-state index in [0.29, 0.717) is 11.3 Å². The standard InChI is InChI=1S/C12H12N2O2/c1-16-10-6-4-9(5-7-10)12(15)11-3-2-8-14(11)13/h2-8H,13H2,1H3. The van der Waals surface area contributed by atoms with Crippen LogP contribution >= 0.6 is 0 Å². The van der Waals surface area contributed by atoms with Gasteiger partial charge in [-0.1, -0.05) is 0 Å². The maximum atomic E-state index is 12.0. The highest BCUT2D eigenvalue weighted by Gasteiger charge is 2.11. The van der Waals surface area contributed by atoms with Crippen LogP contribution in [0, 0.1) is 0 Å². The molecule has 2 N–H and O–H groups in total. The Morgan fingerprint density at radius 2 is 1.94 bits per heavy atom. The van der Waals surface area contributed by atoms with Crippen molar-refractivity contribution >= 4 is 5.78 Å². The van der Waals surface area contributed by atoms with Crippen LogP contribution in [0.25, 0.3) is 0 Å². The molecule has 82 valence electrons. The normalized spacial score (nSPS) is 10.1. The Hall–Kier alpha value is -2.23. The molecule has 1 aromatic carbocycles. The molecule has 0 bridgehead atoms. The number of carbonyl (C=O) groups is 1. The Kier molecular flexibility index (Phi) is 2.64. The minimum absolute atomic E-state index is 0.102. The van der Waals surface area contributed by atoms with Gasteiger partial charge in [-0.15, -0.1) is 0 Å². The summed E-state index contributed by atoms with van der Waals surface area (Å²) in [6.45, 7) is 0. The lowest BCUT2D eigenvalue weighted by Crippen LogP contribution is -2.15. The Balaban J connectivity index is 2.31. The molecule has 2 aromatic rings. The van der Waals surface area contributed by atoms with Crippen molar-refractivity contribution in [3.63, 3.8) is 0 Å². The summed E-state index contributed by atoms with van der Waals surface area (Å²) in [5.74, 6) is 6.23. The third-order valence-corrected chi connectivity index (χ3v) is 2.36. The minimum atomic E-state index is -0.102. The molecular weight excluding hydrogens is 204 g/mol. The van der Waals surface area contributed by atoms with Gasteiger partial charge in [0.25, 0.3) is 0 Å². The van der Waals surface area contributed by atoms with Gasteiger partial charge in [-0.2, -0.15) is 0 Å². The first kappa shape index (κ1) is 10.3. The van der Waals surface area contributed by atoms with Crippen molar-refractivity contribution in [3.05, 3.63) is 53.9 Å². The van der Waals surface area contributed by atoms with Crippen molar-refractivity contribution in [1.82, 2.24) is 4.68 Å². The summed E-state index contributed by atoms with van der Waals surface area (Å²) in [6, 6.07) is 10.3. The van der Waals surface area contributed by atoms with E-state index in [1.807, 2.05) is 0 Å². The number of aromatic nitrogens is 1. The van der Waals surface area contributed by atoms with Crippen molar-refractivity contribution in [2.45, 2.75) is 0 Å². The Bertz CT molecular complexity index is 500. The number of hydrogen-bond acceptors (Lipinski definition) is 3. The lowest BCUT2D eigenvalue weighted by Gasteiger charge is -2.03. The van der Waals surface area contributed by atoms with Crippen LogP contribution in [-0.4, -0.2) is 17.6 Å². The number of nitrogen functional groups attached to an aromatic ring is 1. The summed E-state index contributed by atoms with van der Waals surface area (Å²) in [4.78, 5) is 12.0. The zero-order valence-corrected chi connectivity index (χ0v) is 8.88. The largest absolute Gasteiger partial charge is 0.497 e. The predicted octanol–water partition coefficient (Wildman–Crippen LogP) is 1.44. The van der Waals surface area contributed by atoms with Crippen LogP contribution in [0.2, 0.25) is 0 Å². The summed E-state index contributed by atoms with van der Waals surface area (Å²) in [6.07, 6.45) is 1.64. The van der Waals surface area contributed by atoms with Crippen LogP contribution in [0.4, 0.5) is 0 Å². The van der Waals surface area contributed by atoms with Crippen molar-refractivity contribution in [3.8, 4) is 5.75 Å². The molecule has 0 saturated heterocycles. The van der Waals surface area contributed by atoms with Crippen LogP contribution in [0.5, 0.6) is 5.75 Å². The Morgan fingerprint density at radius 3 is 2.44 bits per heavy atom. The van der Waals surface area contributed by atoms with E-state index < -0.39 is 0 Å². The van der Waals surface area contributed by atoms with Gasteiger partial charge >= 0.3 is 0 Å². The second kappa shape index (κ2) is 4.10. The lowest BCUT2D eigenvalue weighted by atomic mass is 10.1. The fourth-order valence-corrected chi connectivity index (χ4v) is 1.48. The minimum Gasteiger partial charge on any atom is -0.497 e. The number of carbonyl (C=O) groups excluding carboxylic acids is 1. The summed E-state index contributed by atoms with van der Waals surface area (Å²) >= 11 is 0. The monoisotopic (exact) mass is 216 g/mol. The maximum absolute atomic E-state index is 12.0. The van der Waals surface area contributed by atoms with E-state index in [0.717, 1.165) is 5.75 Å². The third-order valence-electron chi connectivity index (χ3n) is 2.36. The first-order valence-electron chi connectivity index (χ1n) is 4.83. The van der Waals surface area contributed by atoms with Crippen LogP contribution < -0.4 is 10.6 Å². The zero-order chi connectivity index (χ0) is 11.5. The highest BCUT2D eigenvalue weighted by atomic mass is 16.5. The fourth-order valence-electron chi connectivity index (χ4n) is 1.48. The van der Waals surface area contributed by atoms with Gasteiger partial charge in [0.2, 0.25) is 5.78 Å². The van der Waals surface area contributed by atoms with E-state index in [1.54, 1.807) is 49.7 Å². The van der Waals surface area contributed by atoms with Gasteiger partial charge in [-0.3, -0.25) is 9.47 Å². The summed E-state index contributed by atoms with van der Waals surface area (Å²) in [7, 11) is 1.59. The second-order valence-corrected chi connectivity index (χ2v) is 3.36. The molecule has 2 rings (SSSR count). The van der Waals surface area contributed by atoms with Gasteiger partial charge in [0.1, 0.15) is 11.4 Å². The predicted molar refractivity (Wildman–Crippen MR) is 61.0 cm³/mol. The van der Waals surface area contributed by atoms with Crippen molar-refractivity contribution in [1.29, 1.82) is 0 Å². The quantitative estimate of drug-likeness (QED) is 0.624. The molecule has 4 heteroatoms. The van der Waals surface area contributed by atoms with Crippen LogP contribution in [0.1, 0.15) is 16.1 Å². The third kappa shape index (κ3) is 1.77. The van der Waals surface area contributed by atoms with E-state index in [2.05, 4.69) is 0 Å². The molecule has 0 radical (unpaired) electrons. The van der Waals surface area contributed by atoms with E-state index in [4.69, 9.17) is 10.6 Å². The maximum Gasteiger partial charge on any atom is 0.211 e. The molecule has 0 aliphatic rings. The average Bonchev–Trinajstić information content (AvgIpc) is 2.75. The molecule has 16 heavy (non-hydrogen) atoms. The molecule has 0 atom stereocenters. The van der Waals surface area contributed by atoms with Crippen molar-refractivity contribution in [2.75, 3.05) is 13.0 Å². The van der Waals surface area contributed by atoms with E-state index in [1.165, 1.54) is 4.68 Å². The molecular formula is C12H12N2O2. The molecule has 0 unspecified atom stereocenters. The Labute approximate surface area is 93.2 Å². The highest BCUT2D eigenvalue weighted by molar-refractivity contribution is 6.08. The number of nitrogens with two attached hydrogens (primary N) is 1. The molecule has 0 spiro atoms. The number of methoxy groups -OCH3 is 1. The van der Waals surface area contributed by atoms with Crippen molar-refractivity contribution < 1.29 is 9.53 Å². The number of rotatable bonds is 3. The SMILES string of the molecule is COc1ccc(C(=O)c2cccn2N)cc1. The first-order valence-corrected chi connectivity index (χ1v) is 4.83. The van der Waals surface area contributed by atoms with Gasteiger partial charge in [0.05, 0.1) is 7.11 Å². The summed E-state index contributed by atoms with van der Waals surface area (Å²) < 4.78 is 6.33. The molecule has 1 aromatic heterocycles. The lowest BCUT2D eigenvalue weighted by molar-refractivity contribution is 0.103. The molecule has 0 aliphatic carbocycles. The van der Waals surface area contributed by atoms with Gasteiger partial charge in [-0.25, -0.2) is 0 Å². The van der Waals surface area contributed by atoms with Gasteiger partial charge in [0, 0.05) is 11.8 Å². The second-order valence-electron chi connectivity index (χ2n) is 3.36. The van der Waals surface area contributed by atoms with E-state index in [9.17, 15) is 4.79 Å². The molecule has 4 nitrogen and oxygen atoms in total. The van der Waals surface area contributed by atoms with E-state index >= 15 is 0 Å². The molecule has 0 fully saturated rings. The van der Waals surface area contributed by atoms with Gasteiger partial charge < -0.3 is 10.6 Å². The number of ether oxygens (including phenoxy) is 1. The van der Waals surface area contributed by atoms with Gasteiger partial charge in [-0.05, 0) is 36.4 Å². The van der Waals surface area contributed by atoms with Crippen LogP contribution in [-0.2, 0) is 0 Å². The Morgan fingerprint density at radius 1 is 1.25 bits per heavy atom. The highest BCUT2D eigenvalue weighted by Crippen LogP contribution is 2.14. The zero-order valence-electron chi connectivity index (χ0n) is 8.88. The van der Waals surface area contributed by atoms with Crippen LogP contribution in [0.3, 0.4) is 0 Å². The van der Waals surface area contributed by atoms with Gasteiger partial charge in [0.15, 0.2) is 0 Å². The summed E-state index contributed by atoms with van der Waals surface area (Å²) in [5, 5.41) is 0. The molecule has 0 saturated carbocycles. The number of hydrogen-bond donors (Lipinski definition) is 1. The van der Waals surface area contributed by atoms with Crippen LogP contribution in [0.15, 0.2) is 42.6 Å². The topological polar surface area (TPSA) is 57.2 Å². The number of benzene rings is 1. The smallest absolute Gasteiger partial charge is 0.211 e. The first-order chi connectivity index (χ1) is 7.72. The summed E-state index contributed by atoms with van der Waals surface area (Å²) in [5.41, 5.74) is 1.05. The molecule has 0 amide bonds. The van der Waals surface area contributed by atoms with Crippen molar-refractivity contribution in [2.24, 2.45) is 0 Å². The fraction of sp³-hybridized carbons (Fsp3) is 0.0833. The molecule has 1 heterocycles. The van der Waals surface area contributed by atoms with E-state index in [-0.39, 0.29) is 5.78 Å². The number of ketones is 1. The molecule has 0 aliphatic heterocycles.